The van der Waals surface area contributed by atoms with Crippen molar-refractivity contribution < 1.29 is 5.11 Å². The Morgan fingerprint density at radius 2 is 1.58 bits per heavy atom. The van der Waals surface area contributed by atoms with Gasteiger partial charge in [0.15, 0.2) is 5.11 Å². The number of nitrogens with one attached hydrogen (secondary N) is 2. The van der Waals surface area contributed by atoms with Crippen LogP contribution in [0.1, 0.15) is 11.7 Å². The largest absolute Gasteiger partial charge is 0.387 e. The summed E-state index contributed by atoms with van der Waals surface area (Å²) in [4.78, 5) is 0. The molecule has 0 aliphatic rings. The second-order valence-corrected chi connectivity index (χ2v) is 4.54. The van der Waals surface area contributed by atoms with Gasteiger partial charge in [0.05, 0.1) is 6.10 Å². The first-order valence-corrected chi connectivity index (χ1v) is 6.49. The van der Waals surface area contributed by atoms with Crippen molar-refractivity contribution in [3.8, 4) is 0 Å². The summed E-state index contributed by atoms with van der Waals surface area (Å²) >= 11 is 5.17. The minimum atomic E-state index is -0.572. The lowest BCUT2D eigenvalue weighted by molar-refractivity contribution is 0.181. The number of aliphatic hydroxyl groups excluding tert-OH is 1. The van der Waals surface area contributed by atoms with Gasteiger partial charge >= 0.3 is 0 Å². The molecule has 98 valence electrons. The molecule has 2 aromatic carbocycles. The molecule has 3 N–H and O–H groups in total. The molecule has 0 aliphatic heterocycles. The average molecular weight is 272 g/mol. The van der Waals surface area contributed by atoms with E-state index in [4.69, 9.17) is 12.2 Å². The van der Waals surface area contributed by atoms with Crippen LogP contribution in [0.4, 0.5) is 5.69 Å². The predicted octanol–water partition coefficient (Wildman–Crippen LogP) is 2.71. The lowest BCUT2D eigenvalue weighted by Crippen LogP contribution is -2.32. The third-order valence-corrected chi connectivity index (χ3v) is 2.92. The third kappa shape index (κ3) is 4.35. The highest BCUT2D eigenvalue weighted by atomic mass is 32.1. The second kappa shape index (κ2) is 6.87. The molecule has 0 spiro atoms. The topological polar surface area (TPSA) is 44.3 Å². The molecule has 0 unspecified atom stereocenters. The van der Waals surface area contributed by atoms with Gasteiger partial charge in [-0.2, -0.15) is 0 Å². The summed E-state index contributed by atoms with van der Waals surface area (Å²) in [5.74, 6) is 0. The maximum atomic E-state index is 9.99. The molecule has 1 atom stereocenters. The van der Waals surface area contributed by atoms with E-state index >= 15 is 0 Å². The van der Waals surface area contributed by atoms with Crippen LogP contribution in [0.15, 0.2) is 60.7 Å². The minimum absolute atomic E-state index is 0.378. The van der Waals surface area contributed by atoms with Crippen LogP contribution in [-0.4, -0.2) is 16.8 Å². The SMILES string of the molecule is O[C@@H](CNC(=S)Nc1ccccc1)c1ccccc1. The molecule has 0 radical (unpaired) electrons. The van der Waals surface area contributed by atoms with Gasteiger partial charge in [-0.15, -0.1) is 0 Å². The van der Waals surface area contributed by atoms with Crippen molar-refractivity contribution in [3.05, 3.63) is 66.2 Å². The van der Waals surface area contributed by atoms with Gasteiger partial charge in [0.1, 0.15) is 0 Å². The summed E-state index contributed by atoms with van der Waals surface area (Å²) in [5.41, 5.74) is 1.80. The molecule has 19 heavy (non-hydrogen) atoms. The maximum absolute atomic E-state index is 9.99. The lowest BCUT2D eigenvalue weighted by atomic mass is 10.1. The summed E-state index contributed by atoms with van der Waals surface area (Å²) in [6, 6.07) is 19.2. The van der Waals surface area contributed by atoms with Crippen LogP contribution in [0, 0.1) is 0 Å². The standard InChI is InChI=1S/C15H16N2OS/c18-14(12-7-3-1-4-8-12)11-16-15(19)17-13-9-5-2-6-10-13/h1-10,14,18H,11H2,(H2,16,17,19)/t14-/m0/s1. The molecule has 3 nitrogen and oxygen atoms in total. The first-order valence-electron chi connectivity index (χ1n) is 6.08. The summed E-state index contributed by atoms with van der Waals surface area (Å²) in [7, 11) is 0. The highest BCUT2D eigenvalue weighted by Gasteiger charge is 2.07. The Balaban J connectivity index is 1.81. The van der Waals surface area contributed by atoms with Crippen molar-refractivity contribution in [3.63, 3.8) is 0 Å². The first-order chi connectivity index (χ1) is 9.25. The maximum Gasteiger partial charge on any atom is 0.170 e. The third-order valence-electron chi connectivity index (χ3n) is 2.67. The van der Waals surface area contributed by atoms with Crippen molar-refractivity contribution in [2.75, 3.05) is 11.9 Å². The van der Waals surface area contributed by atoms with Crippen molar-refractivity contribution in [1.29, 1.82) is 0 Å². The van der Waals surface area contributed by atoms with Crippen molar-refractivity contribution in [2.45, 2.75) is 6.10 Å². The number of aliphatic hydroxyl groups is 1. The van der Waals surface area contributed by atoms with E-state index in [1.165, 1.54) is 0 Å². The molecule has 4 heteroatoms. The molecule has 0 aliphatic carbocycles. The predicted molar refractivity (Wildman–Crippen MR) is 82.1 cm³/mol. The van der Waals surface area contributed by atoms with Gasteiger partial charge in [0.25, 0.3) is 0 Å². The van der Waals surface area contributed by atoms with Crippen LogP contribution in [0.25, 0.3) is 0 Å². The van der Waals surface area contributed by atoms with E-state index in [1.54, 1.807) is 0 Å². The number of hydrogen-bond donors (Lipinski definition) is 3. The zero-order chi connectivity index (χ0) is 13.5. The van der Waals surface area contributed by atoms with E-state index in [2.05, 4.69) is 10.6 Å². The molecule has 0 fully saturated rings. The van der Waals surface area contributed by atoms with E-state index in [0.29, 0.717) is 11.7 Å². The summed E-state index contributed by atoms with van der Waals surface area (Å²) in [6.45, 7) is 0.378. The summed E-state index contributed by atoms with van der Waals surface area (Å²) in [5, 5.41) is 16.5. The number of benzene rings is 2. The highest BCUT2D eigenvalue weighted by Crippen LogP contribution is 2.10. The Morgan fingerprint density at radius 1 is 1.00 bits per heavy atom. The fourth-order valence-corrected chi connectivity index (χ4v) is 1.88. The zero-order valence-corrected chi connectivity index (χ0v) is 11.2. The second-order valence-electron chi connectivity index (χ2n) is 4.13. The number of thiocarbonyl (C=S) groups is 1. The molecule has 2 aromatic rings. The number of rotatable bonds is 4. The molecule has 0 saturated heterocycles. The molecule has 0 bridgehead atoms. The fraction of sp³-hybridized carbons (Fsp3) is 0.133. The zero-order valence-electron chi connectivity index (χ0n) is 10.4. The molecular formula is C15H16N2OS. The molecular weight excluding hydrogens is 256 g/mol. The molecule has 0 heterocycles. The van der Waals surface area contributed by atoms with Crippen LogP contribution in [0.5, 0.6) is 0 Å². The molecule has 0 aromatic heterocycles. The van der Waals surface area contributed by atoms with Crippen molar-refractivity contribution in [2.24, 2.45) is 0 Å². The highest BCUT2D eigenvalue weighted by molar-refractivity contribution is 7.80. The Morgan fingerprint density at radius 3 is 2.21 bits per heavy atom. The number of hydrogen-bond acceptors (Lipinski definition) is 2. The molecule has 0 saturated carbocycles. The number of para-hydroxylation sites is 1. The first kappa shape index (κ1) is 13.5. The van der Waals surface area contributed by atoms with Gasteiger partial charge in [0.2, 0.25) is 0 Å². The van der Waals surface area contributed by atoms with Gasteiger partial charge in [-0.05, 0) is 29.9 Å². The minimum Gasteiger partial charge on any atom is -0.387 e. The Kier molecular flexibility index (Phi) is 4.89. The summed E-state index contributed by atoms with van der Waals surface area (Å²) in [6.07, 6.45) is -0.572. The Bertz CT molecular complexity index is 516. The van der Waals surface area contributed by atoms with Crippen LogP contribution in [0.2, 0.25) is 0 Å². The van der Waals surface area contributed by atoms with Gasteiger partial charge < -0.3 is 15.7 Å². The van der Waals surface area contributed by atoms with E-state index in [-0.39, 0.29) is 0 Å². The quantitative estimate of drug-likeness (QED) is 0.749. The van der Waals surface area contributed by atoms with Gasteiger partial charge in [-0.25, -0.2) is 0 Å². The van der Waals surface area contributed by atoms with Gasteiger partial charge in [0, 0.05) is 12.2 Å². The van der Waals surface area contributed by atoms with Crippen molar-refractivity contribution >= 4 is 23.0 Å². The fourth-order valence-electron chi connectivity index (χ4n) is 1.68. The van der Waals surface area contributed by atoms with Crippen LogP contribution in [-0.2, 0) is 0 Å². The van der Waals surface area contributed by atoms with Gasteiger partial charge in [-0.3, -0.25) is 0 Å². The van der Waals surface area contributed by atoms with E-state index < -0.39 is 6.10 Å². The Hall–Kier alpha value is -1.91. The summed E-state index contributed by atoms with van der Waals surface area (Å²) < 4.78 is 0. The van der Waals surface area contributed by atoms with Crippen LogP contribution < -0.4 is 10.6 Å². The van der Waals surface area contributed by atoms with E-state index in [9.17, 15) is 5.11 Å². The smallest absolute Gasteiger partial charge is 0.170 e. The Labute approximate surface area is 118 Å². The van der Waals surface area contributed by atoms with Crippen LogP contribution >= 0.6 is 12.2 Å². The molecule has 0 amide bonds. The van der Waals surface area contributed by atoms with Gasteiger partial charge in [-0.1, -0.05) is 48.5 Å². The van der Waals surface area contributed by atoms with Crippen molar-refractivity contribution in [1.82, 2.24) is 5.32 Å². The van der Waals surface area contributed by atoms with E-state index in [1.807, 2.05) is 60.7 Å². The lowest BCUT2D eigenvalue weighted by Gasteiger charge is -2.14. The number of anilines is 1. The van der Waals surface area contributed by atoms with E-state index in [0.717, 1.165) is 11.3 Å². The average Bonchev–Trinajstić information content (AvgIpc) is 2.47. The van der Waals surface area contributed by atoms with Crippen LogP contribution in [0.3, 0.4) is 0 Å². The normalized spacial score (nSPS) is 11.6. The molecule has 2 rings (SSSR count). The monoisotopic (exact) mass is 272 g/mol.